The quantitative estimate of drug-likeness (QED) is 0.479. The van der Waals surface area contributed by atoms with Crippen molar-refractivity contribution in [3.8, 4) is 5.95 Å². The Kier molecular flexibility index (Phi) is 6.95. The summed E-state index contributed by atoms with van der Waals surface area (Å²) in [6, 6.07) is 5.47. The van der Waals surface area contributed by atoms with Gasteiger partial charge in [-0.25, -0.2) is 9.18 Å². The van der Waals surface area contributed by atoms with Crippen molar-refractivity contribution in [1.29, 1.82) is 0 Å². The van der Waals surface area contributed by atoms with E-state index in [0.29, 0.717) is 29.8 Å². The molecule has 9 nitrogen and oxygen atoms in total. The first kappa shape index (κ1) is 25.6. The van der Waals surface area contributed by atoms with Crippen LogP contribution in [0.25, 0.3) is 16.9 Å². The molecule has 5 rings (SSSR count). The van der Waals surface area contributed by atoms with Crippen LogP contribution >= 0.6 is 0 Å². The third kappa shape index (κ3) is 5.49. The summed E-state index contributed by atoms with van der Waals surface area (Å²) >= 11 is 0. The summed E-state index contributed by atoms with van der Waals surface area (Å²) in [7, 11) is 0. The van der Waals surface area contributed by atoms with Gasteiger partial charge in [-0.1, -0.05) is 26.0 Å². The summed E-state index contributed by atoms with van der Waals surface area (Å²) in [5, 5.41) is 9.53. The molecule has 10 heteroatoms. The average Bonchev–Trinajstić information content (AvgIpc) is 3.57. The molecule has 2 aromatic heterocycles. The Morgan fingerprint density at radius 3 is 2.65 bits per heavy atom. The Bertz CT molecular complexity index is 1250. The molecular formula is C27H37FN6O3. The molecule has 0 bridgehead atoms. The van der Waals surface area contributed by atoms with Crippen LogP contribution in [0.1, 0.15) is 71.4 Å². The Balaban J connectivity index is 1.19. The monoisotopic (exact) mass is 512 g/mol. The lowest BCUT2D eigenvalue weighted by Gasteiger charge is -2.37. The number of benzene rings is 1. The van der Waals surface area contributed by atoms with Crippen molar-refractivity contribution in [2.75, 3.05) is 26.2 Å². The SMILES string of the molecule is CC(C)c1nn(-c2noc(C[C@@H]3CCN(C4CCN(C(=O)OC(C)(C)C)CC4)C3)n2)c2c(F)cccc12. The number of halogens is 1. The van der Waals surface area contributed by atoms with Crippen LogP contribution in [0.2, 0.25) is 0 Å². The van der Waals surface area contributed by atoms with Crippen molar-refractivity contribution in [3.63, 3.8) is 0 Å². The molecule has 200 valence electrons. The van der Waals surface area contributed by atoms with Crippen LogP contribution in [0.3, 0.4) is 0 Å². The first-order valence-corrected chi connectivity index (χ1v) is 13.3. The van der Waals surface area contributed by atoms with Crippen LogP contribution in [0, 0.1) is 11.7 Å². The summed E-state index contributed by atoms with van der Waals surface area (Å²) in [6.45, 7) is 13.2. The molecule has 0 radical (unpaired) electrons. The van der Waals surface area contributed by atoms with E-state index in [1.165, 1.54) is 10.7 Å². The third-order valence-electron chi connectivity index (χ3n) is 7.29. The molecule has 0 saturated carbocycles. The molecule has 1 amide bonds. The minimum Gasteiger partial charge on any atom is -0.444 e. The molecule has 0 spiro atoms. The second kappa shape index (κ2) is 10.0. The van der Waals surface area contributed by atoms with Crippen molar-refractivity contribution >= 4 is 17.0 Å². The molecule has 2 fully saturated rings. The number of carbonyl (C=O) groups is 1. The Labute approximate surface area is 216 Å². The molecule has 3 aromatic rings. The standard InChI is InChI=1S/C27H37FN6O3/c1-17(2)23-20-7-6-8-21(28)24(20)34(30-23)25-29-22(37-31-25)15-18-9-12-33(16-18)19-10-13-32(14-11-19)26(35)36-27(3,4)5/h6-8,17-19H,9-16H2,1-5H3/t18-/m0/s1. The zero-order chi connectivity index (χ0) is 26.3. The van der Waals surface area contributed by atoms with Gasteiger partial charge in [0.05, 0.1) is 5.69 Å². The second-order valence-electron chi connectivity index (χ2n) is 11.6. The highest BCUT2D eigenvalue weighted by Gasteiger charge is 2.34. The molecule has 2 aliphatic heterocycles. The van der Waals surface area contributed by atoms with E-state index in [1.54, 1.807) is 6.07 Å². The molecule has 0 N–H and O–H groups in total. The zero-order valence-electron chi connectivity index (χ0n) is 22.4. The topological polar surface area (TPSA) is 89.5 Å². The number of hydrogen-bond donors (Lipinski definition) is 0. The number of fused-ring (bicyclic) bond motifs is 1. The van der Waals surface area contributed by atoms with Gasteiger partial charge in [-0.2, -0.15) is 14.8 Å². The summed E-state index contributed by atoms with van der Waals surface area (Å²) < 4.78 is 27.3. The maximum atomic E-state index is 14.7. The van der Waals surface area contributed by atoms with Gasteiger partial charge in [0.15, 0.2) is 0 Å². The van der Waals surface area contributed by atoms with Crippen LogP contribution in [-0.4, -0.2) is 73.6 Å². The highest BCUT2D eigenvalue weighted by Crippen LogP contribution is 2.30. The first-order chi connectivity index (χ1) is 17.6. The number of aromatic nitrogens is 4. The summed E-state index contributed by atoms with van der Waals surface area (Å²) in [4.78, 5) is 21.3. The fraction of sp³-hybridized carbons (Fsp3) is 0.630. The van der Waals surface area contributed by atoms with Crippen LogP contribution in [0.4, 0.5) is 9.18 Å². The van der Waals surface area contributed by atoms with Gasteiger partial charge in [0, 0.05) is 37.5 Å². The van der Waals surface area contributed by atoms with E-state index in [9.17, 15) is 9.18 Å². The third-order valence-corrected chi connectivity index (χ3v) is 7.29. The van der Waals surface area contributed by atoms with Gasteiger partial charge >= 0.3 is 6.09 Å². The van der Waals surface area contributed by atoms with E-state index in [2.05, 4.69) is 20.1 Å². The summed E-state index contributed by atoms with van der Waals surface area (Å²) in [5.74, 6) is 1.01. The summed E-state index contributed by atoms with van der Waals surface area (Å²) in [6.07, 6.45) is 3.42. The van der Waals surface area contributed by atoms with E-state index >= 15 is 0 Å². The van der Waals surface area contributed by atoms with Crippen LogP contribution in [0.5, 0.6) is 0 Å². The van der Waals surface area contributed by atoms with Gasteiger partial charge in [0.1, 0.15) is 16.9 Å². The van der Waals surface area contributed by atoms with E-state index in [1.807, 2.05) is 45.6 Å². The smallest absolute Gasteiger partial charge is 0.410 e. The number of likely N-dealkylation sites (tertiary alicyclic amines) is 2. The average molecular weight is 513 g/mol. The number of para-hydroxylation sites is 1. The normalized spacial score (nSPS) is 19.9. The van der Waals surface area contributed by atoms with Crippen molar-refractivity contribution in [3.05, 3.63) is 35.6 Å². The van der Waals surface area contributed by atoms with Gasteiger partial charge in [-0.3, -0.25) is 4.90 Å². The molecule has 37 heavy (non-hydrogen) atoms. The number of ether oxygens (including phenoxy) is 1. The largest absolute Gasteiger partial charge is 0.444 e. The molecule has 1 atom stereocenters. The minimum absolute atomic E-state index is 0.136. The molecule has 2 saturated heterocycles. The maximum absolute atomic E-state index is 14.7. The number of piperidine rings is 1. The van der Waals surface area contributed by atoms with E-state index in [0.717, 1.165) is 56.5 Å². The lowest BCUT2D eigenvalue weighted by molar-refractivity contribution is 0.0154. The predicted octanol–water partition coefficient (Wildman–Crippen LogP) is 4.93. The number of nitrogens with zero attached hydrogens (tertiary/aromatic N) is 6. The van der Waals surface area contributed by atoms with Crippen molar-refractivity contribution in [2.45, 2.75) is 77.9 Å². The van der Waals surface area contributed by atoms with Crippen LogP contribution in [-0.2, 0) is 11.2 Å². The molecule has 4 heterocycles. The lowest BCUT2D eigenvalue weighted by atomic mass is 10.0. The van der Waals surface area contributed by atoms with E-state index in [-0.39, 0.29) is 23.8 Å². The molecule has 0 unspecified atom stereocenters. The second-order valence-corrected chi connectivity index (χ2v) is 11.6. The fourth-order valence-electron chi connectivity index (χ4n) is 5.48. The zero-order valence-corrected chi connectivity index (χ0v) is 22.4. The predicted molar refractivity (Wildman–Crippen MR) is 137 cm³/mol. The fourth-order valence-corrected chi connectivity index (χ4v) is 5.48. The highest BCUT2D eigenvalue weighted by atomic mass is 19.1. The Morgan fingerprint density at radius 1 is 1.19 bits per heavy atom. The molecule has 1 aromatic carbocycles. The van der Waals surface area contributed by atoms with Gasteiger partial charge in [0.2, 0.25) is 5.89 Å². The molecule has 2 aliphatic rings. The highest BCUT2D eigenvalue weighted by molar-refractivity contribution is 5.84. The number of carbonyl (C=O) groups excluding carboxylic acids is 1. The number of rotatable bonds is 5. The molecule has 0 aliphatic carbocycles. The van der Waals surface area contributed by atoms with Crippen LogP contribution in [0.15, 0.2) is 22.7 Å². The van der Waals surface area contributed by atoms with Gasteiger partial charge in [-0.05, 0) is 69.6 Å². The van der Waals surface area contributed by atoms with Crippen molar-refractivity contribution < 1.29 is 18.4 Å². The van der Waals surface area contributed by atoms with Crippen molar-refractivity contribution in [1.82, 2.24) is 29.7 Å². The lowest BCUT2D eigenvalue weighted by Crippen LogP contribution is -2.47. The van der Waals surface area contributed by atoms with Crippen LogP contribution < -0.4 is 0 Å². The number of amides is 1. The molecular weight excluding hydrogens is 475 g/mol. The Morgan fingerprint density at radius 2 is 1.95 bits per heavy atom. The van der Waals surface area contributed by atoms with Crippen molar-refractivity contribution in [2.24, 2.45) is 5.92 Å². The van der Waals surface area contributed by atoms with E-state index in [4.69, 9.17) is 9.26 Å². The Hall–Kier alpha value is -3.01. The first-order valence-electron chi connectivity index (χ1n) is 13.3. The summed E-state index contributed by atoms with van der Waals surface area (Å²) in [5.41, 5.74) is 0.716. The van der Waals surface area contributed by atoms with E-state index < -0.39 is 5.60 Å². The number of hydrogen-bond acceptors (Lipinski definition) is 7. The van der Waals surface area contributed by atoms with Gasteiger partial charge < -0.3 is 14.2 Å². The van der Waals surface area contributed by atoms with Gasteiger partial charge in [-0.15, -0.1) is 0 Å². The maximum Gasteiger partial charge on any atom is 0.410 e. The van der Waals surface area contributed by atoms with Gasteiger partial charge in [0.25, 0.3) is 5.95 Å². The minimum atomic E-state index is -0.472.